The highest BCUT2D eigenvalue weighted by Crippen LogP contribution is 2.31. The molecule has 364 valence electrons. The number of hydrogen-bond acceptors (Lipinski definition) is 9. The normalized spacial score (nSPS) is 19.3. The molecule has 1 saturated heterocycles. The number of unbranched alkanes of at least 4 members (excludes halogenated alkanes) is 25. The highest BCUT2D eigenvalue weighted by molar-refractivity contribution is 5.95. The first-order valence-electron chi connectivity index (χ1n) is 25.8. The smallest absolute Gasteiger partial charge is 0.417 e. The van der Waals surface area contributed by atoms with Gasteiger partial charge in [0.1, 0.15) is 31.0 Å². The van der Waals surface area contributed by atoms with Crippen LogP contribution in [0.1, 0.15) is 219 Å². The van der Waals surface area contributed by atoms with Crippen molar-refractivity contribution < 1.29 is 39.2 Å². The van der Waals surface area contributed by atoms with Crippen molar-refractivity contribution in [2.24, 2.45) is 11.7 Å². The molecule has 1 fully saturated rings. The molecule has 6 atom stereocenters. The molecule has 11 heteroatoms. The van der Waals surface area contributed by atoms with Crippen molar-refractivity contribution in [3.05, 3.63) is 35.9 Å². The summed E-state index contributed by atoms with van der Waals surface area (Å²) in [7, 11) is 0. The summed E-state index contributed by atoms with van der Waals surface area (Å²) in [5.74, 6) is -1.01. The zero-order valence-electron chi connectivity index (χ0n) is 40.4. The van der Waals surface area contributed by atoms with Crippen LogP contribution in [0, 0.1) is 5.92 Å². The number of rotatable bonds is 37. The third-order valence-corrected chi connectivity index (χ3v) is 12.7. The van der Waals surface area contributed by atoms with Crippen LogP contribution in [0.15, 0.2) is 30.3 Å². The van der Waals surface area contributed by atoms with Gasteiger partial charge in [0.05, 0.1) is 12.6 Å². The molecule has 2 rings (SSSR count). The maximum absolute atomic E-state index is 14.4. The van der Waals surface area contributed by atoms with Crippen LogP contribution >= 0.6 is 0 Å². The molecule has 1 aromatic rings. The lowest BCUT2D eigenvalue weighted by Crippen LogP contribution is -2.71. The third kappa shape index (κ3) is 23.4. The Hall–Kier alpha value is -2.57. The number of nitrogens with two attached hydrogens (primary N) is 1. The van der Waals surface area contributed by atoms with Gasteiger partial charge in [-0.25, -0.2) is 9.69 Å². The first-order valence-corrected chi connectivity index (χ1v) is 25.8. The van der Waals surface area contributed by atoms with Gasteiger partial charge < -0.3 is 35.4 Å². The number of aliphatic hydroxyl groups excluding tert-OH is 3. The second-order valence-corrected chi connectivity index (χ2v) is 18.9. The van der Waals surface area contributed by atoms with Crippen molar-refractivity contribution in [1.82, 2.24) is 9.80 Å². The van der Waals surface area contributed by atoms with E-state index in [1.807, 2.05) is 32.0 Å². The maximum Gasteiger partial charge on any atom is 0.417 e. The van der Waals surface area contributed by atoms with Gasteiger partial charge in [0, 0.05) is 13.0 Å². The zero-order chi connectivity index (χ0) is 46.1. The topological polar surface area (TPSA) is 163 Å². The number of amides is 3. The van der Waals surface area contributed by atoms with Gasteiger partial charge in [-0.1, -0.05) is 219 Å². The second kappa shape index (κ2) is 35.7. The van der Waals surface area contributed by atoms with E-state index in [0.29, 0.717) is 18.4 Å². The highest BCUT2D eigenvalue weighted by atomic mass is 16.6. The van der Waals surface area contributed by atoms with Gasteiger partial charge >= 0.3 is 6.09 Å². The molecule has 0 bridgehead atoms. The SMILES string of the molecule is CCCCCCCCCCCCCCCCCCN(C(=O)CCCCCCCCCCCCC)[C@@H]1O[C@H](CO)[C@@H](O)[C@H](O)[C@H]1N(C(=O)OCc1ccccc1)C(=O)[C@@H](N)CC(C)C. The van der Waals surface area contributed by atoms with Gasteiger partial charge in [-0.2, -0.15) is 0 Å². The largest absolute Gasteiger partial charge is 0.444 e. The van der Waals surface area contributed by atoms with E-state index in [9.17, 15) is 29.7 Å². The van der Waals surface area contributed by atoms with Crippen LogP contribution in [0.4, 0.5) is 4.79 Å². The third-order valence-electron chi connectivity index (χ3n) is 12.7. The molecule has 0 aliphatic carbocycles. The Morgan fingerprint density at radius 1 is 0.667 bits per heavy atom. The van der Waals surface area contributed by atoms with E-state index in [1.54, 1.807) is 12.1 Å². The fourth-order valence-corrected chi connectivity index (χ4v) is 8.86. The van der Waals surface area contributed by atoms with Gasteiger partial charge in [-0.05, 0) is 30.7 Å². The van der Waals surface area contributed by atoms with Crippen LogP contribution in [0.2, 0.25) is 0 Å². The Balaban J connectivity index is 2.19. The number of carbonyl (C=O) groups is 3. The molecule has 0 unspecified atom stereocenters. The molecule has 0 spiro atoms. The maximum atomic E-state index is 14.4. The highest BCUT2D eigenvalue weighted by Gasteiger charge is 2.53. The summed E-state index contributed by atoms with van der Waals surface area (Å²) in [6.45, 7) is 7.78. The van der Waals surface area contributed by atoms with E-state index in [1.165, 1.54) is 127 Å². The molecule has 1 heterocycles. The summed E-state index contributed by atoms with van der Waals surface area (Å²) in [6, 6.07) is 6.36. The van der Waals surface area contributed by atoms with Crippen molar-refractivity contribution >= 4 is 17.9 Å². The fourth-order valence-electron chi connectivity index (χ4n) is 8.86. The molecular formula is C52H93N3O8. The summed E-state index contributed by atoms with van der Waals surface area (Å²) >= 11 is 0. The van der Waals surface area contributed by atoms with Crippen molar-refractivity contribution in [2.45, 2.75) is 257 Å². The van der Waals surface area contributed by atoms with Crippen molar-refractivity contribution in [1.29, 1.82) is 0 Å². The molecule has 3 amide bonds. The molecule has 11 nitrogen and oxygen atoms in total. The quantitative estimate of drug-likeness (QED) is 0.0476. The number of nitrogens with zero attached hydrogens (tertiary/aromatic N) is 2. The first kappa shape index (κ1) is 56.6. The Morgan fingerprint density at radius 2 is 1.11 bits per heavy atom. The van der Waals surface area contributed by atoms with Gasteiger partial charge in [-0.15, -0.1) is 0 Å². The van der Waals surface area contributed by atoms with E-state index >= 15 is 0 Å². The fraction of sp³-hybridized carbons (Fsp3) is 0.827. The second-order valence-electron chi connectivity index (χ2n) is 18.9. The lowest BCUT2D eigenvalue weighted by Gasteiger charge is -2.49. The number of carbonyl (C=O) groups excluding carboxylic acids is 3. The zero-order valence-corrected chi connectivity index (χ0v) is 40.4. The van der Waals surface area contributed by atoms with E-state index in [4.69, 9.17) is 15.2 Å². The van der Waals surface area contributed by atoms with Gasteiger partial charge in [0.25, 0.3) is 0 Å². The van der Waals surface area contributed by atoms with E-state index in [2.05, 4.69) is 13.8 Å². The van der Waals surface area contributed by atoms with Crippen LogP contribution in [0.3, 0.4) is 0 Å². The van der Waals surface area contributed by atoms with Crippen molar-refractivity contribution in [3.63, 3.8) is 0 Å². The molecule has 5 N–H and O–H groups in total. The van der Waals surface area contributed by atoms with Crippen LogP contribution in [0.25, 0.3) is 0 Å². The minimum atomic E-state index is -1.76. The predicted octanol–water partition coefficient (Wildman–Crippen LogP) is 11.1. The first-order chi connectivity index (χ1) is 30.6. The minimum Gasteiger partial charge on any atom is -0.444 e. The average molecular weight is 888 g/mol. The number of imide groups is 1. The van der Waals surface area contributed by atoms with Gasteiger partial charge in [0.2, 0.25) is 11.8 Å². The summed E-state index contributed by atoms with van der Waals surface area (Å²) in [6.07, 6.45) is 25.3. The Bertz CT molecular complexity index is 1300. The van der Waals surface area contributed by atoms with Crippen molar-refractivity contribution in [2.75, 3.05) is 13.2 Å². The van der Waals surface area contributed by atoms with Crippen LogP contribution in [-0.2, 0) is 25.7 Å². The number of benzene rings is 1. The molecule has 0 aromatic heterocycles. The molecular weight excluding hydrogens is 795 g/mol. The standard InChI is InChI=1S/C52H93N3O8/c1-5-7-9-11-13-15-17-18-19-20-21-23-25-27-29-34-38-54(46(57)37-33-28-26-24-22-16-14-12-10-8-6-2)51-47(49(59)48(58)45(40-56)63-51)55(50(60)44(53)39-42(3)4)52(61)62-41-43-35-31-30-32-36-43/h30-32,35-36,42,44-45,47-49,51,56,58-59H,5-29,33-34,37-41,53H2,1-4H3/t44-,45+,47+,48+,49+,51+/m0/s1. The summed E-state index contributed by atoms with van der Waals surface area (Å²) in [4.78, 5) is 45.1. The van der Waals surface area contributed by atoms with E-state index < -0.39 is 55.2 Å². The number of hydrogen-bond donors (Lipinski definition) is 4. The van der Waals surface area contributed by atoms with Crippen molar-refractivity contribution in [3.8, 4) is 0 Å². The molecule has 0 radical (unpaired) electrons. The van der Waals surface area contributed by atoms with Crippen LogP contribution in [-0.4, -0.2) is 92.8 Å². The number of aliphatic hydroxyl groups is 3. The van der Waals surface area contributed by atoms with Gasteiger partial charge in [0.15, 0.2) is 6.23 Å². The van der Waals surface area contributed by atoms with Gasteiger partial charge in [-0.3, -0.25) is 9.59 Å². The number of ether oxygens (including phenoxy) is 2. The van der Waals surface area contributed by atoms with E-state index in [-0.39, 0.29) is 37.8 Å². The lowest BCUT2D eigenvalue weighted by molar-refractivity contribution is -0.245. The Labute approximate surface area is 383 Å². The molecule has 1 aliphatic heterocycles. The molecule has 1 aliphatic rings. The Morgan fingerprint density at radius 3 is 1.56 bits per heavy atom. The Kier molecular flexibility index (Phi) is 32.0. The predicted molar refractivity (Wildman–Crippen MR) is 255 cm³/mol. The lowest BCUT2D eigenvalue weighted by atomic mass is 9.92. The monoisotopic (exact) mass is 888 g/mol. The molecule has 1 aromatic carbocycles. The molecule has 63 heavy (non-hydrogen) atoms. The summed E-state index contributed by atoms with van der Waals surface area (Å²) in [5, 5.41) is 33.4. The van der Waals surface area contributed by atoms with Crippen LogP contribution in [0.5, 0.6) is 0 Å². The minimum absolute atomic E-state index is 0.0117. The van der Waals surface area contributed by atoms with E-state index in [0.717, 1.165) is 43.4 Å². The molecule has 0 saturated carbocycles. The summed E-state index contributed by atoms with van der Waals surface area (Å²) < 4.78 is 12.0. The van der Waals surface area contributed by atoms with Crippen LogP contribution < -0.4 is 5.73 Å². The summed E-state index contributed by atoms with van der Waals surface area (Å²) in [5.41, 5.74) is 7.12. The average Bonchev–Trinajstić information content (AvgIpc) is 3.27.